The van der Waals surface area contributed by atoms with Gasteiger partial charge in [0, 0.05) is 6.04 Å². The van der Waals surface area contributed by atoms with Gasteiger partial charge in [-0.1, -0.05) is 54.6 Å². The number of rotatable bonds is 3. The standard InChI is InChI=1S/C14H16N2/c1-11(16-15)12-7-9-14(10-8-12)13-5-3-2-4-6-13/h2-11,16H,15H2,1H3/t11-/m0/s1. The highest BCUT2D eigenvalue weighted by atomic mass is 15.2. The van der Waals surface area contributed by atoms with Crippen molar-refractivity contribution >= 4 is 0 Å². The van der Waals surface area contributed by atoms with E-state index < -0.39 is 0 Å². The van der Waals surface area contributed by atoms with Crippen molar-refractivity contribution in [3.63, 3.8) is 0 Å². The molecule has 0 radical (unpaired) electrons. The Bertz CT molecular complexity index is 434. The van der Waals surface area contributed by atoms with Crippen LogP contribution in [-0.2, 0) is 0 Å². The van der Waals surface area contributed by atoms with Crippen molar-refractivity contribution in [3.05, 3.63) is 60.2 Å². The molecule has 2 aromatic carbocycles. The maximum Gasteiger partial charge on any atom is 0.0431 e. The molecular formula is C14H16N2. The minimum absolute atomic E-state index is 0.185. The normalized spacial score (nSPS) is 12.4. The lowest BCUT2D eigenvalue weighted by Crippen LogP contribution is -2.25. The number of nitrogens with one attached hydrogen (secondary N) is 1. The molecule has 0 aliphatic carbocycles. The molecule has 0 bridgehead atoms. The largest absolute Gasteiger partial charge is 0.271 e. The lowest BCUT2D eigenvalue weighted by atomic mass is 10.0. The van der Waals surface area contributed by atoms with Crippen LogP contribution in [-0.4, -0.2) is 0 Å². The summed E-state index contributed by atoms with van der Waals surface area (Å²) in [6.07, 6.45) is 0. The highest BCUT2D eigenvalue weighted by molar-refractivity contribution is 5.63. The van der Waals surface area contributed by atoms with E-state index in [1.165, 1.54) is 16.7 Å². The maximum atomic E-state index is 5.40. The second kappa shape index (κ2) is 4.92. The van der Waals surface area contributed by atoms with Crippen molar-refractivity contribution < 1.29 is 0 Å². The first-order valence-corrected chi connectivity index (χ1v) is 5.43. The van der Waals surface area contributed by atoms with Crippen LogP contribution in [0.2, 0.25) is 0 Å². The molecule has 0 saturated heterocycles. The summed E-state index contributed by atoms with van der Waals surface area (Å²) < 4.78 is 0. The van der Waals surface area contributed by atoms with E-state index >= 15 is 0 Å². The van der Waals surface area contributed by atoms with Gasteiger partial charge >= 0.3 is 0 Å². The van der Waals surface area contributed by atoms with Crippen LogP contribution in [0.25, 0.3) is 11.1 Å². The van der Waals surface area contributed by atoms with Crippen molar-refractivity contribution in [2.75, 3.05) is 0 Å². The topological polar surface area (TPSA) is 38.0 Å². The van der Waals surface area contributed by atoms with Gasteiger partial charge < -0.3 is 0 Å². The molecule has 3 N–H and O–H groups in total. The van der Waals surface area contributed by atoms with Crippen LogP contribution in [0.4, 0.5) is 0 Å². The molecule has 2 aromatic rings. The van der Waals surface area contributed by atoms with E-state index in [0.717, 1.165) is 0 Å². The van der Waals surface area contributed by atoms with Gasteiger partial charge in [-0.3, -0.25) is 11.3 Å². The van der Waals surface area contributed by atoms with E-state index in [1.54, 1.807) is 0 Å². The molecular weight excluding hydrogens is 196 g/mol. The van der Waals surface area contributed by atoms with Gasteiger partial charge in [-0.25, -0.2) is 0 Å². The first-order chi connectivity index (χ1) is 7.81. The van der Waals surface area contributed by atoms with Crippen LogP contribution in [0.5, 0.6) is 0 Å². The van der Waals surface area contributed by atoms with E-state index in [4.69, 9.17) is 5.84 Å². The average molecular weight is 212 g/mol. The van der Waals surface area contributed by atoms with Crippen molar-refractivity contribution in [2.45, 2.75) is 13.0 Å². The van der Waals surface area contributed by atoms with E-state index in [9.17, 15) is 0 Å². The predicted molar refractivity (Wildman–Crippen MR) is 67.6 cm³/mol. The minimum Gasteiger partial charge on any atom is -0.271 e. The van der Waals surface area contributed by atoms with Gasteiger partial charge in [-0.15, -0.1) is 0 Å². The third kappa shape index (κ3) is 2.30. The lowest BCUT2D eigenvalue weighted by Gasteiger charge is -2.10. The molecule has 0 aromatic heterocycles. The molecule has 2 nitrogen and oxygen atoms in total. The molecule has 0 aliphatic rings. The molecule has 2 rings (SSSR count). The molecule has 0 spiro atoms. The number of benzene rings is 2. The zero-order valence-electron chi connectivity index (χ0n) is 9.35. The average Bonchev–Trinajstić information content (AvgIpc) is 2.39. The Labute approximate surface area is 96.1 Å². The summed E-state index contributed by atoms with van der Waals surface area (Å²) >= 11 is 0. The zero-order chi connectivity index (χ0) is 11.4. The number of nitrogens with two attached hydrogens (primary N) is 1. The first kappa shape index (κ1) is 10.9. The van der Waals surface area contributed by atoms with E-state index in [1.807, 2.05) is 25.1 Å². The quantitative estimate of drug-likeness (QED) is 0.606. The highest BCUT2D eigenvalue weighted by Crippen LogP contribution is 2.21. The summed E-state index contributed by atoms with van der Waals surface area (Å²) in [4.78, 5) is 0. The van der Waals surface area contributed by atoms with E-state index in [-0.39, 0.29) is 6.04 Å². The fraction of sp³-hybridized carbons (Fsp3) is 0.143. The Morgan fingerprint density at radius 3 is 2.00 bits per heavy atom. The monoisotopic (exact) mass is 212 g/mol. The van der Waals surface area contributed by atoms with Gasteiger partial charge in [-0.2, -0.15) is 0 Å². The molecule has 2 heteroatoms. The molecule has 1 atom stereocenters. The summed E-state index contributed by atoms with van der Waals surface area (Å²) in [5.41, 5.74) is 6.41. The van der Waals surface area contributed by atoms with Gasteiger partial charge in [0.25, 0.3) is 0 Å². The first-order valence-electron chi connectivity index (χ1n) is 5.43. The third-order valence-electron chi connectivity index (χ3n) is 2.77. The molecule has 0 saturated carbocycles. The summed E-state index contributed by atoms with van der Waals surface area (Å²) in [6.45, 7) is 2.04. The molecule has 0 unspecified atom stereocenters. The van der Waals surface area contributed by atoms with Crippen LogP contribution >= 0.6 is 0 Å². The SMILES string of the molecule is C[C@H](NN)c1ccc(-c2ccccc2)cc1. The van der Waals surface area contributed by atoms with Crippen LogP contribution in [0.3, 0.4) is 0 Å². The van der Waals surface area contributed by atoms with Crippen LogP contribution < -0.4 is 11.3 Å². The third-order valence-corrected chi connectivity index (χ3v) is 2.77. The van der Waals surface area contributed by atoms with Crippen LogP contribution in [0, 0.1) is 0 Å². The fourth-order valence-corrected chi connectivity index (χ4v) is 1.69. The summed E-state index contributed by atoms with van der Waals surface area (Å²) in [5.74, 6) is 5.40. The minimum atomic E-state index is 0.185. The number of hydrogen-bond donors (Lipinski definition) is 2. The van der Waals surface area contributed by atoms with Gasteiger partial charge in [0.1, 0.15) is 0 Å². The van der Waals surface area contributed by atoms with Crippen molar-refractivity contribution in [2.24, 2.45) is 5.84 Å². The Hall–Kier alpha value is -1.64. The molecule has 0 amide bonds. The Kier molecular flexibility index (Phi) is 3.34. The molecule has 0 aliphatic heterocycles. The predicted octanol–water partition coefficient (Wildman–Crippen LogP) is 2.88. The summed E-state index contributed by atoms with van der Waals surface area (Å²) in [6, 6.07) is 19.0. The van der Waals surface area contributed by atoms with Crippen molar-refractivity contribution in [1.82, 2.24) is 5.43 Å². The maximum absolute atomic E-state index is 5.40. The van der Waals surface area contributed by atoms with E-state index in [2.05, 4.69) is 41.8 Å². The second-order valence-electron chi connectivity index (χ2n) is 3.88. The van der Waals surface area contributed by atoms with Gasteiger partial charge in [0.15, 0.2) is 0 Å². The Morgan fingerprint density at radius 1 is 0.875 bits per heavy atom. The Balaban J connectivity index is 2.26. The number of hydrazine groups is 1. The molecule has 16 heavy (non-hydrogen) atoms. The van der Waals surface area contributed by atoms with E-state index in [0.29, 0.717) is 0 Å². The Morgan fingerprint density at radius 2 is 1.44 bits per heavy atom. The zero-order valence-corrected chi connectivity index (χ0v) is 9.35. The smallest absolute Gasteiger partial charge is 0.0431 e. The van der Waals surface area contributed by atoms with Crippen LogP contribution in [0.15, 0.2) is 54.6 Å². The van der Waals surface area contributed by atoms with Gasteiger partial charge in [0.2, 0.25) is 0 Å². The van der Waals surface area contributed by atoms with Gasteiger partial charge in [0.05, 0.1) is 0 Å². The highest BCUT2D eigenvalue weighted by Gasteiger charge is 2.02. The lowest BCUT2D eigenvalue weighted by molar-refractivity contribution is 0.602. The second-order valence-corrected chi connectivity index (χ2v) is 3.88. The molecule has 0 fully saturated rings. The summed E-state index contributed by atoms with van der Waals surface area (Å²) in [7, 11) is 0. The van der Waals surface area contributed by atoms with Gasteiger partial charge in [-0.05, 0) is 23.6 Å². The molecule has 82 valence electrons. The molecule has 0 heterocycles. The number of hydrogen-bond acceptors (Lipinski definition) is 2. The van der Waals surface area contributed by atoms with Crippen LogP contribution in [0.1, 0.15) is 18.5 Å². The van der Waals surface area contributed by atoms with Crippen molar-refractivity contribution in [1.29, 1.82) is 0 Å². The van der Waals surface area contributed by atoms with Crippen molar-refractivity contribution in [3.8, 4) is 11.1 Å². The summed E-state index contributed by atoms with van der Waals surface area (Å²) in [5, 5.41) is 0. The fourth-order valence-electron chi connectivity index (χ4n) is 1.69.